The maximum Gasteiger partial charge on any atom is 0.519 e. The van der Waals surface area contributed by atoms with Gasteiger partial charge in [0.15, 0.2) is 0 Å². The Bertz CT molecular complexity index is 1060. The first-order valence-electron chi connectivity index (χ1n) is 7.86. The summed E-state index contributed by atoms with van der Waals surface area (Å²) in [4.78, 5) is 12.3. The second-order valence-electron chi connectivity index (χ2n) is 5.70. The van der Waals surface area contributed by atoms with Crippen molar-refractivity contribution in [2.75, 3.05) is 0 Å². The average Bonchev–Trinajstić information content (AvgIpc) is 2.63. The largest absolute Gasteiger partial charge is 0.519 e. The van der Waals surface area contributed by atoms with E-state index in [0.717, 1.165) is 10.8 Å². The lowest BCUT2D eigenvalue weighted by Gasteiger charge is -2.12. The molecule has 4 aromatic rings. The van der Waals surface area contributed by atoms with Gasteiger partial charge in [0.05, 0.1) is 0 Å². The Balaban J connectivity index is 1.83. The second-order valence-corrected chi connectivity index (χ2v) is 6.58. The molecule has 0 saturated heterocycles. The monoisotopic (exact) mass is 382 g/mol. The third-order valence-corrected chi connectivity index (χ3v) is 4.43. The van der Waals surface area contributed by atoms with Crippen molar-refractivity contribution in [2.45, 2.75) is 0 Å². The van der Waals surface area contributed by atoms with Crippen LogP contribution in [0, 0.1) is 0 Å². The summed E-state index contributed by atoms with van der Waals surface area (Å²) in [5.74, 6) is 0.765. The molecule has 0 amide bonds. The van der Waals surface area contributed by atoms with Crippen molar-refractivity contribution in [1.29, 1.82) is 0 Å². The maximum atomic E-state index is 12.3. The number of fused-ring (bicyclic) bond motifs is 2. The van der Waals surface area contributed by atoms with E-state index in [4.69, 9.17) is 32.7 Å². The molecule has 0 heterocycles. The van der Waals surface area contributed by atoms with Crippen molar-refractivity contribution < 1.29 is 14.3 Å². The summed E-state index contributed by atoms with van der Waals surface area (Å²) in [5, 5.41) is 4.29. The van der Waals surface area contributed by atoms with E-state index in [-0.39, 0.29) is 0 Å². The van der Waals surface area contributed by atoms with Gasteiger partial charge in [-0.05, 0) is 53.2 Å². The summed E-state index contributed by atoms with van der Waals surface area (Å²) in [6, 6.07) is 21.6. The van der Waals surface area contributed by atoms with Crippen LogP contribution < -0.4 is 9.47 Å². The van der Waals surface area contributed by atoms with E-state index in [1.165, 1.54) is 0 Å². The van der Waals surface area contributed by atoms with Crippen LogP contribution in [0.2, 0.25) is 10.0 Å². The zero-order valence-corrected chi connectivity index (χ0v) is 14.9. The first-order valence-corrected chi connectivity index (χ1v) is 8.62. The SMILES string of the molecule is O=C(Oc1ccccc1)Oc1c2cc(Cl)ccc2cc2ccc(Cl)cc12. The third-order valence-electron chi connectivity index (χ3n) is 3.96. The number of carbonyl (C=O) groups excluding carboxylic acids is 1. The van der Waals surface area contributed by atoms with Crippen LogP contribution in [0.25, 0.3) is 21.5 Å². The van der Waals surface area contributed by atoms with Gasteiger partial charge >= 0.3 is 6.16 Å². The molecular weight excluding hydrogens is 371 g/mol. The van der Waals surface area contributed by atoms with Crippen molar-refractivity contribution in [3.63, 3.8) is 0 Å². The molecule has 0 fully saturated rings. The van der Waals surface area contributed by atoms with Crippen molar-refractivity contribution >= 4 is 50.9 Å². The number of para-hydroxylation sites is 1. The van der Waals surface area contributed by atoms with Crippen molar-refractivity contribution in [3.8, 4) is 11.5 Å². The van der Waals surface area contributed by atoms with Gasteiger partial charge in [0.25, 0.3) is 0 Å². The molecule has 4 rings (SSSR count). The fourth-order valence-electron chi connectivity index (χ4n) is 2.81. The Labute approximate surface area is 159 Å². The standard InChI is InChI=1S/C21H12Cl2O3/c22-15-8-6-13-10-14-7-9-16(23)12-19(14)20(18(13)11-15)26-21(24)25-17-4-2-1-3-5-17/h1-12H. The van der Waals surface area contributed by atoms with Gasteiger partial charge in [-0.15, -0.1) is 0 Å². The van der Waals surface area contributed by atoms with Crippen LogP contribution in [0.5, 0.6) is 11.5 Å². The predicted molar refractivity (Wildman–Crippen MR) is 105 cm³/mol. The van der Waals surface area contributed by atoms with Crippen molar-refractivity contribution in [1.82, 2.24) is 0 Å². The quantitative estimate of drug-likeness (QED) is 0.215. The van der Waals surface area contributed by atoms with Gasteiger partial charge in [-0.1, -0.05) is 53.5 Å². The molecule has 0 radical (unpaired) electrons. The van der Waals surface area contributed by atoms with Gasteiger partial charge in [0.1, 0.15) is 11.5 Å². The number of hydrogen-bond acceptors (Lipinski definition) is 3. The summed E-state index contributed by atoms with van der Waals surface area (Å²) in [6.07, 6.45) is -0.829. The van der Waals surface area contributed by atoms with Crippen LogP contribution >= 0.6 is 23.2 Å². The van der Waals surface area contributed by atoms with Crippen LogP contribution in [-0.4, -0.2) is 6.16 Å². The summed E-state index contributed by atoms with van der Waals surface area (Å²) in [7, 11) is 0. The van der Waals surface area contributed by atoms with Crippen LogP contribution in [0.1, 0.15) is 0 Å². The van der Waals surface area contributed by atoms with E-state index < -0.39 is 6.16 Å². The molecule has 0 bridgehead atoms. The molecule has 0 spiro atoms. The minimum absolute atomic E-state index is 0.364. The molecule has 0 aliphatic rings. The molecule has 0 atom stereocenters. The highest BCUT2D eigenvalue weighted by atomic mass is 35.5. The second kappa shape index (κ2) is 6.87. The first kappa shape index (κ1) is 16.7. The zero-order valence-electron chi connectivity index (χ0n) is 13.4. The Hall–Kier alpha value is -2.75. The molecular formula is C21H12Cl2O3. The van der Waals surface area contributed by atoms with Gasteiger partial charge in [0.2, 0.25) is 0 Å². The number of halogens is 2. The van der Waals surface area contributed by atoms with E-state index in [1.54, 1.807) is 48.5 Å². The third kappa shape index (κ3) is 3.32. The smallest absolute Gasteiger partial charge is 0.395 e. The summed E-state index contributed by atoms with van der Waals surface area (Å²) in [6.45, 7) is 0. The van der Waals surface area contributed by atoms with Gasteiger partial charge in [-0.25, -0.2) is 4.79 Å². The molecule has 128 valence electrons. The van der Waals surface area contributed by atoms with Crippen LogP contribution in [0.3, 0.4) is 0 Å². The Morgan fingerprint density at radius 3 is 1.85 bits per heavy atom. The highest BCUT2D eigenvalue weighted by Gasteiger charge is 2.15. The number of ether oxygens (including phenoxy) is 2. The molecule has 26 heavy (non-hydrogen) atoms. The molecule has 4 aromatic carbocycles. The Kier molecular flexibility index (Phi) is 4.41. The topological polar surface area (TPSA) is 35.5 Å². The number of benzene rings is 4. The molecule has 0 saturated carbocycles. The zero-order chi connectivity index (χ0) is 18.1. The lowest BCUT2D eigenvalue weighted by Crippen LogP contribution is -2.14. The highest BCUT2D eigenvalue weighted by Crippen LogP contribution is 2.37. The minimum atomic E-state index is -0.829. The van der Waals surface area contributed by atoms with Crippen molar-refractivity contribution in [2.24, 2.45) is 0 Å². The molecule has 5 heteroatoms. The van der Waals surface area contributed by atoms with Gasteiger partial charge in [0, 0.05) is 20.8 Å². The van der Waals surface area contributed by atoms with Crippen molar-refractivity contribution in [3.05, 3.63) is 82.8 Å². The molecule has 0 unspecified atom stereocenters. The molecule has 3 nitrogen and oxygen atoms in total. The van der Waals surface area contributed by atoms with Gasteiger partial charge in [-0.3, -0.25) is 0 Å². The Morgan fingerprint density at radius 2 is 1.27 bits per heavy atom. The normalized spacial score (nSPS) is 10.8. The highest BCUT2D eigenvalue weighted by molar-refractivity contribution is 6.32. The predicted octanol–water partition coefficient (Wildman–Crippen LogP) is 6.88. The average molecular weight is 383 g/mol. The molecule has 0 N–H and O–H groups in total. The summed E-state index contributed by atoms with van der Waals surface area (Å²) in [5.41, 5.74) is 0. The Morgan fingerprint density at radius 1 is 0.692 bits per heavy atom. The number of rotatable bonds is 2. The fourth-order valence-corrected chi connectivity index (χ4v) is 3.16. The van der Waals surface area contributed by atoms with Crippen LogP contribution in [0.4, 0.5) is 4.79 Å². The van der Waals surface area contributed by atoms with Gasteiger partial charge in [-0.2, -0.15) is 0 Å². The van der Waals surface area contributed by atoms with E-state index in [9.17, 15) is 4.79 Å². The van der Waals surface area contributed by atoms with E-state index in [2.05, 4.69) is 0 Å². The van der Waals surface area contributed by atoms with Gasteiger partial charge < -0.3 is 9.47 Å². The lowest BCUT2D eigenvalue weighted by molar-refractivity contribution is 0.153. The summed E-state index contributed by atoms with van der Waals surface area (Å²) < 4.78 is 10.8. The summed E-state index contributed by atoms with van der Waals surface area (Å²) >= 11 is 12.3. The fraction of sp³-hybridized carbons (Fsp3) is 0. The lowest BCUT2D eigenvalue weighted by atomic mass is 10.0. The van der Waals surface area contributed by atoms with Crippen LogP contribution in [0.15, 0.2) is 72.8 Å². The minimum Gasteiger partial charge on any atom is -0.395 e. The first-order chi connectivity index (χ1) is 12.6. The molecule has 0 aliphatic heterocycles. The molecule has 0 aliphatic carbocycles. The number of carbonyl (C=O) groups is 1. The molecule has 0 aromatic heterocycles. The van der Waals surface area contributed by atoms with Crippen LogP contribution in [-0.2, 0) is 0 Å². The maximum absolute atomic E-state index is 12.3. The van der Waals surface area contributed by atoms with E-state index in [0.29, 0.717) is 32.3 Å². The number of hydrogen-bond donors (Lipinski definition) is 0. The van der Waals surface area contributed by atoms with E-state index in [1.807, 2.05) is 24.3 Å². The van der Waals surface area contributed by atoms with E-state index >= 15 is 0 Å².